The molecule has 0 aliphatic rings. The van der Waals surface area contributed by atoms with Crippen LogP contribution in [0.1, 0.15) is 28.7 Å². The number of aromatic nitrogens is 1. The Bertz CT molecular complexity index is 1130. The van der Waals surface area contributed by atoms with E-state index in [1.54, 1.807) is 24.3 Å². The molecule has 0 saturated heterocycles. The molecule has 1 aromatic heterocycles. The van der Waals surface area contributed by atoms with Crippen molar-refractivity contribution in [3.8, 4) is 0 Å². The van der Waals surface area contributed by atoms with Crippen LogP contribution in [0.25, 0.3) is 10.9 Å². The van der Waals surface area contributed by atoms with E-state index in [2.05, 4.69) is 10.3 Å². The standard InChI is InChI=1S/C21H16F6N2O3/c22-20(23,24)12-7-11(8-13(10-12)21(25,26)27)9-17(30)29-19-15(5-6-18(31)32)14-3-1-2-4-16(14)28-19/h1-4,7-8,10,28H,5-6,9H2,(H,29,30)(H,31,32). The number of carbonyl (C=O) groups is 2. The number of para-hydroxylation sites is 1. The van der Waals surface area contributed by atoms with Gasteiger partial charge in [0, 0.05) is 22.9 Å². The quantitative estimate of drug-likeness (QED) is 0.433. The number of halogens is 6. The number of amides is 1. The van der Waals surface area contributed by atoms with E-state index in [-0.39, 0.29) is 24.7 Å². The zero-order valence-electron chi connectivity index (χ0n) is 16.2. The molecule has 1 amide bonds. The lowest BCUT2D eigenvalue weighted by molar-refractivity contribution is -0.143. The first-order chi connectivity index (χ1) is 14.8. The van der Waals surface area contributed by atoms with Crippen molar-refractivity contribution in [2.75, 3.05) is 5.32 Å². The fraction of sp³-hybridized carbons (Fsp3) is 0.238. The van der Waals surface area contributed by atoms with Gasteiger partial charge in [0.1, 0.15) is 5.82 Å². The molecule has 11 heteroatoms. The number of aromatic amines is 1. The summed E-state index contributed by atoms with van der Waals surface area (Å²) in [5, 5.41) is 12.0. The van der Waals surface area contributed by atoms with Gasteiger partial charge in [0.2, 0.25) is 5.91 Å². The fourth-order valence-corrected chi connectivity index (χ4v) is 3.29. The van der Waals surface area contributed by atoms with E-state index in [0.29, 0.717) is 28.6 Å². The first kappa shape index (κ1) is 23.2. The van der Waals surface area contributed by atoms with E-state index in [0.717, 1.165) is 0 Å². The number of hydrogen-bond acceptors (Lipinski definition) is 2. The van der Waals surface area contributed by atoms with Gasteiger partial charge in [-0.25, -0.2) is 0 Å². The summed E-state index contributed by atoms with van der Waals surface area (Å²) in [6.07, 6.45) is -11.0. The number of alkyl halides is 6. The Labute approximate surface area is 177 Å². The molecule has 2 aromatic carbocycles. The molecule has 3 aromatic rings. The predicted molar refractivity (Wildman–Crippen MR) is 103 cm³/mol. The van der Waals surface area contributed by atoms with Crippen LogP contribution in [0.2, 0.25) is 0 Å². The van der Waals surface area contributed by atoms with E-state index in [9.17, 15) is 35.9 Å². The lowest BCUT2D eigenvalue weighted by Crippen LogP contribution is -2.18. The predicted octanol–water partition coefficient (Wildman–Crippen LogP) is 5.40. The van der Waals surface area contributed by atoms with Gasteiger partial charge in [0.25, 0.3) is 0 Å². The molecule has 32 heavy (non-hydrogen) atoms. The molecule has 0 aliphatic carbocycles. The van der Waals surface area contributed by atoms with Crippen LogP contribution in [0.5, 0.6) is 0 Å². The van der Waals surface area contributed by atoms with Crippen LogP contribution in [0.3, 0.4) is 0 Å². The van der Waals surface area contributed by atoms with Crippen molar-refractivity contribution in [1.29, 1.82) is 0 Å². The van der Waals surface area contributed by atoms with Crippen LogP contribution < -0.4 is 5.32 Å². The molecule has 3 rings (SSSR count). The summed E-state index contributed by atoms with van der Waals surface area (Å²) in [5.41, 5.74) is -2.43. The first-order valence-electron chi connectivity index (χ1n) is 9.24. The number of fused-ring (bicyclic) bond motifs is 1. The number of nitrogens with one attached hydrogen (secondary N) is 2. The maximum absolute atomic E-state index is 13.0. The van der Waals surface area contributed by atoms with E-state index in [1.807, 2.05) is 0 Å². The maximum atomic E-state index is 13.0. The van der Waals surface area contributed by atoms with Crippen LogP contribution in [0, 0.1) is 0 Å². The Kier molecular flexibility index (Phi) is 6.20. The monoisotopic (exact) mass is 458 g/mol. The van der Waals surface area contributed by atoms with Crippen LogP contribution in [0.4, 0.5) is 32.2 Å². The van der Waals surface area contributed by atoms with Crippen molar-refractivity contribution in [2.24, 2.45) is 0 Å². The summed E-state index contributed by atoms with van der Waals surface area (Å²) < 4.78 is 78.1. The molecule has 0 bridgehead atoms. The highest BCUT2D eigenvalue weighted by Gasteiger charge is 2.37. The molecule has 0 aliphatic heterocycles. The Morgan fingerprint density at radius 1 is 0.938 bits per heavy atom. The Hall–Kier alpha value is -3.50. The average molecular weight is 458 g/mol. The number of aryl methyl sites for hydroxylation is 1. The molecule has 5 nitrogen and oxygen atoms in total. The highest BCUT2D eigenvalue weighted by molar-refractivity contribution is 5.97. The molecular formula is C21H16F6N2O3. The minimum absolute atomic E-state index is 0.0108. The molecule has 0 saturated carbocycles. The first-order valence-corrected chi connectivity index (χ1v) is 9.24. The van der Waals surface area contributed by atoms with Crippen LogP contribution in [-0.4, -0.2) is 22.0 Å². The minimum Gasteiger partial charge on any atom is -0.481 e. The number of benzene rings is 2. The Morgan fingerprint density at radius 3 is 2.09 bits per heavy atom. The van der Waals surface area contributed by atoms with Crippen LogP contribution in [0.15, 0.2) is 42.5 Å². The van der Waals surface area contributed by atoms with Gasteiger partial charge in [-0.2, -0.15) is 26.3 Å². The van der Waals surface area contributed by atoms with E-state index in [4.69, 9.17) is 5.11 Å². The van der Waals surface area contributed by atoms with Crippen molar-refractivity contribution < 1.29 is 41.0 Å². The lowest BCUT2D eigenvalue weighted by atomic mass is 10.0. The molecule has 0 radical (unpaired) electrons. The average Bonchev–Trinajstić information content (AvgIpc) is 3.01. The number of H-pyrrole nitrogens is 1. The molecule has 0 atom stereocenters. The van der Waals surface area contributed by atoms with Gasteiger partial charge in [-0.1, -0.05) is 18.2 Å². The summed E-state index contributed by atoms with van der Waals surface area (Å²) in [5.74, 6) is -1.79. The topological polar surface area (TPSA) is 82.2 Å². The SMILES string of the molecule is O=C(O)CCc1c(NC(=O)Cc2cc(C(F)(F)F)cc(C(F)(F)F)c2)[nH]c2ccccc12. The number of carbonyl (C=O) groups excluding carboxylic acids is 1. The minimum atomic E-state index is -5.02. The Balaban J connectivity index is 1.90. The molecule has 0 fully saturated rings. The maximum Gasteiger partial charge on any atom is 0.416 e. The highest BCUT2D eigenvalue weighted by atomic mass is 19.4. The largest absolute Gasteiger partial charge is 0.481 e. The van der Waals surface area contributed by atoms with E-state index in [1.165, 1.54) is 0 Å². The third-order valence-electron chi connectivity index (χ3n) is 4.68. The van der Waals surface area contributed by atoms with Crippen molar-refractivity contribution in [2.45, 2.75) is 31.6 Å². The number of aliphatic carboxylic acids is 1. The second-order valence-corrected chi connectivity index (χ2v) is 7.06. The smallest absolute Gasteiger partial charge is 0.416 e. The van der Waals surface area contributed by atoms with Gasteiger partial charge < -0.3 is 15.4 Å². The molecule has 3 N–H and O–H groups in total. The van der Waals surface area contributed by atoms with Crippen molar-refractivity contribution in [3.63, 3.8) is 0 Å². The zero-order valence-corrected chi connectivity index (χ0v) is 16.2. The second kappa shape index (κ2) is 8.56. The second-order valence-electron chi connectivity index (χ2n) is 7.06. The highest BCUT2D eigenvalue weighted by Crippen LogP contribution is 2.36. The van der Waals surface area contributed by atoms with Gasteiger partial charge in [-0.05, 0) is 36.2 Å². The van der Waals surface area contributed by atoms with Gasteiger partial charge in [0.15, 0.2) is 0 Å². The summed E-state index contributed by atoms with van der Waals surface area (Å²) in [4.78, 5) is 26.3. The number of carboxylic acids is 1. The number of rotatable bonds is 6. The summed E-state index contributed by atoms with van der Waals surface area (Å²) >= 11 is 0. The molecular weight excluding hydrogens is 442 g/mol. The molecule has 1 heterocycles. The lowest BCUT2D eigenvalue weighted by Gasteiger charge is -2.14. The third kappa shape index (κ3) is 5.40. The van der Waals surface area contributed by atoms with E-state index >= 15 is 0 Å². The zero-order chi connectivity index (χ0) is 23.7. The number of anilines is 1. The van der Waals surface area contributed by atoms with Crippen molar-refractivity contribution in [1.82, 2.24) is 4.98 Å². The normalized spacial score (nSPS) is 12.2. The number of carboxylic acid groups (broad SMARTS) is 1. The summed E-state index contributed by atoms with van der Waals surface area (Å²) in [6.45, 7) is 0. The molecule has 170 valence electrons. The van der Waals surface area contributed by atoms with Gasteiger partial charge in [-0.3, -0.25) is 9.59 Å². The van der Waals surface area contributed by atoms with Crippen molar-refractivity contribution in [3.05, 3.63) is 64.7 Å². The number of hydrogen-bond donors (Lipinski definition) is 3. The van der Waals surface area contributed by atoms with Gasteiger partial charge in [0.05, 0.1) is 17.5 Å². The molecule has 0 unspecified atom stereocenters. The fourth-order valence-electron chi connectivity index (χ4n) is 3.29. The summed E-state index contributed by atoms with van der Waals surface area (Å²) in [7, 11) is 0. The van der Waals surface area contributed by atoms with E-state index < -0.39 is 47.3 Å². The Morgan fingerprint density at radius 2 is 1.53 bits per heavy atom. The van der Waals surface area contributed by atoms with Gasteiger partial charge >= 0.3 is 18.3 Å². The summed E-state index contributed by atoms with van der Waals surface area (Å²) in [6, 6.07) is 7.75. The van der Waals surface area contributed by atoms with Crippen LogP contribution in [-0.2, 0) is 34.8 Å². The van der Waals surface area contributed by atoms with Crippen molar-refractivity contribution >= 4 is 28.6 Å². The van der Waals surface area contributed by atoms with Crippen LogP contribution >= 0.6 is 0 Å². The van der Waals surface area contributed by atoms with Gasteiger partial charge in [-0.15, -0.1) is 0 Å². The third-order valence-corrected chi connectivity index (χ3v) is 4.68. The molecule has 0 spiro atoms.